The molecule has 2 N–H and O–H groups in total. The van der Waals surface area contributed by atoms with Crippen LogP contribution < -0.4 is 10.0 Å². The third-order valence-corrected chi connectivity index (χ3v) is 3.61. The second-order valence-corrected chi connectivity index (χ2v) is 4.54. The Bertz CT molecular complexity index is 457. The molecule has 0 radical (unpaired) electrons. The molecule has 0 atom stereocenters. The Balaban J connectivity index is 2.57. The second-order valence-electron chi connectivity index (χ2n) is 3.75. The Morgan fingerprint density at radius 1 is 1.12 bits per heavy atom. The molecule has 0 fully saturated rings. The van der Waals surface area contributed by atoms with Gasteiger partial charge in [0, 0.05) is 6.54 Å². The van der Waals surface area contributed by atoms with Gasteiger partial charge in [-0.2, -0.15) is 4.40 Å². The van der Waals surface area contributed by atoms with Gasteiger partial charge >= 0.3 is 0 Å². The van der Waals surface area contributed by atoms with Gasteiger partial charge in [-0.05, 0) is 19.8 Å². The van der Waals surface area contributed by atoms with Crippen LogP contribution in [0, 0.1) is 0 Å². The number of nitrogens with two attached hydrogens (primary N) is 1. The molecule has 5 nitrogen and oxygen atoms in total. The van der Waals surface area contributed by atoms with Crippen LogP contribution in [0.1, 0.15) is 37.9 Å². The first kappa shape index (κ1) is 12.2. The van der Waals surface area contributed by atoms with Gasteiger partial charge in [-0.3, -0.25) is 4.31 Å². The quantitative estimate of drug-likeness (QED) is 0.828. The van der Waals surface area contributed by atoms with Gasteiger partial charge in [0.1, 0.15) is 5.69 Å². The Kier molecular flexibility index (Phi) is 3.51. The lowest BCUT2D eigenvalue weighted by molar-refractivity contribution is 0.884. The number of hydrogen-bond donors (Lipinski definition) is 1. The molecule has 2 heterocycles. The van der Waals surface area contributed by atoms with Crippen LogP contribution in [-0.2, 0) is 12.8 Å². The highest BCUT2D eigenvalue weighted by atomic mass is 32.2. The number of fused-ring (bicyclic) bond motifs is 1. The Hall–Kier alpha value is -1.30. The lowest BCUT2D eigenvalue weighted by Gasteiger charge is -2.24. The Labute approximate surface area is 106 Å². The zero-order valence-electron chi connectivity index (χ0n) is 10.4. The summed E-state index contributed by atoms with van der Waals surface area (Å²) in [5, 5.41) is 0. The minimum Gasteiger partial charge on any atom is -0.381 e. The van der Waals surface area contributed by atoms with E-state index in [2.05, 4.69) is 35.1 Å². The van der Waals surface area contributed by atoms with Crippen LogP contribution >= 0.6 is 12.1 Å². The smallest absolute Gasteiger partial charge is 0.170 e. The van der Waals surface area contributed by atoms with Crippen LogP contribution in [0.25, 0.3) is 0 Å². The fraction of sp³-hybridized carbons (Fsp3) is 0.545. The fourth-order valence-electron chi connectivity index (χ4n) is 1.79. The molecule has 92 valence electrons. The van der Waals surface area contributed by atoms with E-state index in [0.717, 1.165) is 42.3 Å². The summed E-state index contributed by atoms with van der Waals surface area (Å²) in [5.41, 5.74) is 8.68. The molecule has 1 aliphatic heterocycles. The lowest BCUT2D eigenvalue weighted by atomic mass is 10.2. The molecule has 0 aromatic carbocycles. The number of aromatic nitrogens is 2. The number of nitrogens with zero attached hydrogens (tertiary/aromatic N) is 4. The van der Waals surface area contributed by atoms with Crippen molar-refractivity contribution in [3.63, 3.8) is 0 Å². The van der Waals surface area contributed by atoms with E-state index in [1.807, 2.05) is 4.31 Å². The molecule has 0 saturated heterocycles. The van der Waals surface area contributed by atoms with Crippen molar-refractivity contribution in [2.45, 2.75) is 33.6 Å². The summed E-state index contributed by atoms with van der Waals surface area (Å²) >= 11 is 1.34. The number of amidine groups is 1. The maximum Gasteiger partial charge on any atom is 0.170 e. The monoisotopic (exact) mass is 251 g/mol. The van der Waals surface area contributed by atoms with Crippen LogP contribution in [0.2, 0.25) is 0 Å². The average molecular weight is 251 g/mol. The van der Waals surface area contributed by atoms with Crippen LogP contribution in [0.15, 0.2) is 4.40 Å². The van der Waals surface area contributed by atoms with E-state index in [1.54, 1.807) is 0 Å². The molecule has 6 heteroatoms. The van der Waals surface area contributed by atoms with Crippen molar-refractivity contribution in [2.75, 3.05) is 10.8 Å². The summed E-state index contributed by atoms with van der Waals surface area (Å²) in [7, 11) is 0. The molecule has 2 rings (SSSR count). The largest absolute Gasteiger partial charge is 0.381 e. The molecular formula is C11H17N5S. The highest BCUT2D eigenvalue weighted by Crippen LogP contribution is 2.29. The normalized spacial score (nSPS) is 14.5. The SMILES string of the molecule is CCc1nc2c(nc1CC)N(CC)SN=C2N. The van der Waals surface area contributed by atoms with E-state index in [4.69, 9.17) is 5.73 Å². The zero-order valence-corrected chi connectivity index (χ0v) is 11.2. The van der Waals surface area contributed by atoms with Gasteiger partial charge in [-0.25, -0.2) is 9.97 Å². The van der Waals surface area contributed by atoms with E-state index < -0.39 is 0 Å². The van der Waals surface area contributed by atoms with Gasteiger partial charge < -0.3 is 5.73 Å². The summed E-state index contributed by atoms with van der Waals surface area (Å²) in [6.07, 6.45) is 1.76. The number of anilines is 1. The van der Waals surface area contributed by atoms with Crippen molar-refractivity contribution >= 4 is 23.8 Å². The molecule has 0 unspecified atom stereocenters. The van der Waals surface area contributed by atoms with Crippen molar-refractivity contribution in [3.05, 3.63) is 17.1 Å². The van der Waals surface area contributed by atoms with Crippen molar-refractivity contribution in [1.29, 1.82) is 0 Å². The van der Waals surface area contributed by atoms with E-state index >= 15 is 0 Å². The van der Waals surface area contributed by atoms with Crippen molar-refractivity contribution < 1.29 is 0 Å². The first-order chi connectivity index (χ1) is 8.21. The van der Waals surface area contributed by atoms with E-state index in [-0.39, 0.29) is 0 Å². The standard InChI is InChI=1S/C11H17N5S/c1-4-7-8(5-2)14-11-9(13-7)10(12)15-17-16(11)6-3/h4-6H2,1-3H3,(H2,12,15). The van der Waals surface area contributed by atoms with Crippen LogP contribution in [0.5, 0.6) is 0 Å². The minimum absolute atomic E-state index is 0.472. The average Bonchev–Trinajstić information content (AvgIpc) is 2.38. The van der Waals surface area contributed by atoms with Crippen molar-refractivity contribution in [3.8, 4) is 0 Å². The molecule has 17 heavy (non-hydrogen) atoms. The number of rotatable bonds is 3. The summed E-state index contributed by atoms with van der Waals surface area (Å²) in [6.45, 7) is 7.07. The maximum absolute atomic E-state index is 5.88. The van der Waals surface area contributed by atoms with Crippen LogP contribution in [-0.4, -0.2) is 22.3 Å². The molecule has 1 aliphatic rings. The predicted molar refractivity (Wildman–Crippen MR) is 72.1 cm³/mol. The van der Waals surface area contributed by atoms with E-state index in [9.17, 15) is 0 Å². The van der Waals surface area contributed by atoms with Crippen LogP contribution in [0.3, 0.4) is 0 Å². The summed E-state index contributed by atoms with van der Waals surface area (Å²) in [5.74, 6) is 1.32. The van der Waals surface area contributed by atoms with Crippen molar-refractivity contribution in [2.24, 2.45) is 10.1 Å². The molecule has 0 saturated carbocycles. The molecule has 1 aromatic rings. The number of aryl methyl sites for hydroxylation is 2. The van der Waals surface area contributed by atoms with Gasteiger partial charge in [-0.15, -0.1) is 0 Å². The van der Waals surface area contributed by atoms with Crippen molar-refractivity contribution in [1.82, 2.24) is 9.97 Å². The highest BCUT2D eigenvalue weighted by Gasteiger charge is 2.23. The van der Waals surface area contributed by atoms with E-state index in [1.165, 1.54) is 12.1 Å². The topological polar surface area (TPSA) is 67.4 Å². The molecule has 0 aliphatic carbocycles. The summed E-state index contributed by atoms with van der Waals surface area (Å²) in [4.78, 5) is 9.30. The Morgan fingerprint density at radius 3 is 2.35 bits per heavy atom. The minimum atomic E-state index is 0.472. The summed E-state index contributed by atoms with van der Waals surface area (Å²) in [6, 6.07) is 0. The van der Waals surface area contributed by atoms with Gasteiger partial charge in [0.25, 0.3) is 0 Å². The summed E-state index contributed by atoms with van der Waals surface area (Å²) < 4.78 is 6.20. The molecular weight excluding hydrogens is 234 g/mol. The molecule has 0 spiro atoms. The van der Waals surface area contributed by atoms with Gasteiger partial charge in [0.2, 0.25) is 0 Å². The second kappa shape index (κ2) is 4.91. The van der Waals surface area contributed by atoms with Gasteiger partial charge in [0.15, 0.2) is 11.7 Å². The predicted octanol–water partition coefficient (Wildman–Crippen LogP) is 1.71. The lowest BCUT2D eigenvalue weighted by Crippen LogP contribution is -2.28. The molecule has 0 bridgehead atoms. The third kappa shape index (κ3) is 2.09. The maximum atomic E-state index is 5.88. The Morgan fingerprint density at radius 2 is 1.76 bits per heavy atom. The first-order valence-electron chi connectivity index (χ1n) is 5.89. The highest BCUT2D eigenvalue weighted by molar-refractivity contribution is 7.99. The van der Waals surface area contributed by atoms with E-state index in [0.29, 0.717) is 5.84 Å². The number of hydrogen-bond acceptors (Lipinski definition) is 6. The zero-order chi connectivity index (χ0) is 12.4. The van der Waals surface area contributed by atoms with Gasteiger partial charge in [0.05, 0.1) is 23.5 Å². The van der Waals surface area contributed by atoms with Gasteiger partial charge in [-0.1, -0.05) is 13.8 Å². The van der Waals surface area contributed by atoms with Crippen LogP contribution in [0.4, 0.5) is 5.82 Å². The molecule has 1 aromatic heterocycles. The fourth-order valence-corrected chi connectivity index (χ4v) is 2.38. The first-order valence-corrected chi connectivity index (χ1v) is 6.62. The third-order valence-electron chi connectivity index (χ3n) is 2.71. The molecule has 0 amide bonds.